The molecule has 2 heteroatoms. The Morgan fingerprint density at radius 1 is 0.833 bits per heavy atom. The minimum absolute atomic E-state index is 0.557. The highest BCUT2D eigenvalue weighted by Gasteiger charge is 2.48. The van der Waals surface area contributed by atoms with Crippen LogP contribution in [0.15, 0.2) is 42.5 Å². The third kappa shape index (κ3) is 2.02. The fraction of sp³-hybridized carbons (Fsp3) is 0.455. The fourth-order valence-corrected chi connectivity index (χ4v) is 5.35. The smallest absolute Gasteiger partial charge is 0.0611 e. The molecule has 24 heavy (non-hydrogen) atoms. The van der Waals surface area contributed by atoms with Gasteiger partial charge in [0.2, 0.25) is 0 Å². The van der Waals surface area contributed by atoms with Crippen molar-refractivity contribution in [3.05, 3.63) is 59.2 Å². The van der Waals surface area contributed by atoms with E-state index in [9.17, 15) is 0 Å². The number of anilines is 2. The van der Waals surface area contributed by atoms with Crippen LogP contribution >= 0.6 is 0 Å². The van der Waals surface area contributed by atoms with Gasteiger partial charge in [0.15, 0.2) is 0 Å². The van der Waals surface area contributed by atoms with E-state index in [4.69, 9.17) is 0 Å². The van der Waals surface area contributed by atoms with Crippen LogP contribution in [-0.4, -0.2) is 19.1 Å². The van der Waals surface area contributed by atoms with Gasteiger partial charge in [0.25, 0.3) is 0 Å². The predicted molar refractivity (Wildman–Crippen MR) is 101 cm³/mol. The van der Waals surface area contributed by atoms with Gasteiger partial charge in [-0.25, -0.2) is 0 Å². The minimum atomic E-state index is 0.557. The molecule has 0 unspecified atom stereocenters. The second kappa shape index (κ2) is 5.27. The van der Waals surface area contributed by atoms with Crippen LogP contribution in [0.2, 0.25) is 0 Å². The van der Waals surface area contributed by atoms with Crippen LogP contribution < -0.4 is 9.80 Å². The lowest BCUT2D eigenvalue weighted by atomic mass is 9.81. The fourth-order valence-electron chi connectivity index (χ4n) is 5.35. The Kier molecular flexibility index (Phi) is 3.16. The summed E-state index contributed by atoms with van der Waals surface area (Å²) in [7, 11) is 0. The van der Waals surface area contributed by atoms with Crippen molar-refractivity contribution in [3.8, 4) is 0 Å². The van der Waals surface area contributed by atoms with Crippen LogP contribution in [0.25, 0.3) is 0 Å². The van der Waals surface area contributed by atoms with Gasteiger partial charge in [-0.3, -0.25) is 0 Å². The number of benzene rings is 2. The molecule has 0 N–H and O–H groups in total. The number of aryl methyl sites for hydroxylation is 2. The van der Waals surface area contributed by atoms with Gasteiger partial charge in [0.05, 0.1) is 6.04 Å². The number of hydrogen-bond donors (Lipinski definition) is 0. The molecule has 3 aliphatic rings. The highest BCUT2D eigenvalue weighted by Crippen LogP contribution is 2.52. The molecule has 2 saturated heterocycles. The Hall–Kier alpha value is -1.96. The van der Waals surface area contributed by atoms with Gasteiger partial charge in [-0.15, -0.1) is 0 Å². The van der Waals surface area contributed by atoms with Crippen molar-refractivity contribution in [1.82, 2.24) is 0 Å². The molecule has 2 aromatic rings. The van der Waals surface area contributed by atoms with E-state index in [1.54, 1.807) is 5.56 Å². The van der Waals surface area contributed by atoms with Crippen LogP contribution in [0.4, 0.5) is 11.4 Å². The Morgan fingerprint density at radius 3 is 2.46 bits per heavy atom. The summed E-state index contributed by atoms with van der Waals surface area (Å²) in [5.74, 6) is 0.781. The maximum Gasteiger partial charge on any atom is 0.0611 e. The lowest BCUT2D eigenvalue weighted by Crippen LogP contribution is -2.44. The Morgan fingerprint density at radius 2 is 1.62 bits per heavy atom. The Balaban J connectivity index is 1.63. The number of hydrogen-bond acceptors (Lipinski definition) is 2. The molecule has 0 saturated carbocycles. The molecule has 3 aliphatic heterocycles. The number of nitrogens with zero attached hydrogens (tertiary/aromatic N) is 2. The van der Waals surface area contributed by atoms with E-state index >= 15 is 0 Å². The highest BCUT2D eigenvalue weighted by atomic mass is 15.3. The van der Waals surface area contributed by atoms with Gasteiger partial charge >= 0.3 is 0 Å². The van der Waals surface area contributed by atoms with Crippen LogP contribution in [-0.2, 0) is 0 Å². The first-order valence-electron chi connectivity index (χ1n) is 9.43. The first kappa shape index (κ1) is 14.4. The summed E-state index contributed by atoms with van der Waals surface area (Å²) < 4.78 is 0. The number of rotatable bonds is 1. The van der Waals surface area contributed by atoms with Crippen molar-refractivity contribution in [3.63, 3.8) is 0 Å². The Labute approximate surface area is 145 Å². The first-order chi connectivity index (χ1) is 11.7. The monoisotopic (exact) mass is 318 g/mol. The van der Waals surface area contributed by atoms with Crippen molar-refractivity contribution in [2.24, 2.45) is 5.92 Å². The lowest BCUT2D eigenvalue weighted by Gasteiger charge is -2.44. The van der Waals surface area contributed by atoms with Crippen molar-refractivity contribution in [2.75, 3.05) is 22.9 Å². The molecule has 2 aromatic carbocycles. The average molecular weight is 318 g/mol. The van der Waals surface area contributed by atoms with Crippen molar-refractivity contribution in [2.45, 2.75) is 45.2 Å². The molecule has 2 nitrogen and oxygen atoms in total. The van der Waals surface area contributed by atoms with E-state index in [1.807, 2.05) is 0 Å². The van der Waals surface area contributed by atoms with E-state index in [0.717, 1.165) is 12.0 Å². The van der Waals surface area contributed by atoms with Crippen molar-refractivity contribution >= 4 is 11.4 Å². The lowest BCUT2D eigenvalue weighted by molar-refractivity contribution is 0.373. The summed E-state index contributed by atoms with van der Waals surface area (Å²) in [6.07, 6.45) is 4.05. The molecule has 0 aromatic heterocycles. The second-order valence-corrected chi connectivity index (χ2v) is 7.89. The van der Waals surface area contributed by atoms with E-state index in [1.165, 1.54) is 54.9 Å². The molecule has 2 fully saturated rings. The van der Waals surface area contributed by atoms with Crippen molar-refractivity contribution in [1.29, 1.82) is 0 Å². The van der Waals surface area contributed by atoms with Gasteiger partial charge in [0.1, 0.15) is 0 Å². The standard InChI is InChI=1S/C22H26N2/c1-15-5-8-17(9-6-15)23-13-11-18-20-4-3-12-24(20)21-10-7-16(2)14-19(21)22(18)23/h5-10,14,18,20,22H,3-4,11-13H2,1-2H3/t18-,20-,22-/m1/s1. The van der Waals surface area contributed by atoms with Crippen LogP contribution in [0.3, 0.4) is 0 Å². The molecule has 0 bridgehead atoms. The molecule has 3 atom stereocenters. The molecular formula is C22H26N2. The van der Waals surface area contributed by atoms with Crippen LogP contribution in [0, 0.1) is 19.8 Å². The number of fused-ring (bicyclic) bond motifs is 6. The molecule has 124 valence electrons. The predicted octanol–water partition coefficient (Wildman–Crippen LogP) is 4.85. The first-order valence-corrected chi connectivity index (χ1v) is 9.43. The molecule has 0 radical (unpaired) electrons. The average Bonchev–Trinajstić information content (AvgIpc) is 3.22. The maximum atomic E-state index is 2.72. The normalized spacial score (nSPS) is 27.8. The third-order valence-corrected chi connectivity index (χ3v) is 6.41. The summed E-state index contributed by atoms with van der Waals surface area (Å²) in [4.78, 5) is 5.40. The zero-order chi connectivity index (χ0) is 16.3. The van der Waals surface area contributed by atoms with Crippen LogP contribution in [0.1, 0.15) is 42.0 Å². The van der Waals surface area contributed by atoms with E-state index in [-0.39, 0.29) is 0 Å². The van der Waals surface area contributed by atoms with E-state index in [2.05, 4.69) is 66.1 Å². The van der Waals surface area contributed by atoms with Gasteiger partial charge in [-0.1, -0.05) is 35.4 Å². The summed E-state index contributed by atoms with van der Waals surface area (Å²) in [6.45, 7) is 6.84. The highest BCUT2D eigenvalue weighted by molar-refractivity contribution is 5.64. The maximum absolute atomic E-state index is 2.72. The van der Waals surface area contributed by atoms with Gasteiger partial charge < -0.3 is 9.80 Å². The summed E-state index contributed by atoms with van der Waals surface area (Å²) in [5.41, 5.74) is 7.20. The van der Waals surface area contributed by atoms with Crippen molar-refractivity contribution < 1.29 is 0 Å². The Bertz CT molecular complexity index is 764. The zero-order valence-corrected chi connectivity index (χ0v) is 14.7. The summed E-state index contributed by atoms with van der Waals surface area (Å²) >= 11 is 0. The van der Waals surface area contributed by atoms with E-state index < -0.39 is 0 Å². The topological polar surface area (TPSA) is 6.48 Å². The van der Waals surface area contributed by atoms with E-state index in [0.29, 0.717) is 6.04 Å². The largest absolute Gasteiger partial charge is 0.368 e. The molecule has 3 heterocycles. The zero-order valence-electron chi connectivity index (χ0n) is 14.7. The molecule has 0 spiro atoms. The quantitative estimate of drug-likeness (QED) is 0.741. The van der Waals surface area contributed by atoms with Gasteiger partial charge in [0, 0.05) is 36.4 Å². The molecular weight excluding hydrogens is 292 g/mol. The summed E-state index contributed by atoms with van der Waals surface area (Å²) in [6, 6.07) is 17.6. The summed E-state index contributed by atoms with van der Waals surface area (Å²) in [5, 5.41) is 0. The SMILES string of the molecule is Cc1ccc(N2CC[C@@H]3[C@H]4CCCN4c4ccc(C)cc4[C@@H]32)cc1. The molecule has 5 rings (SSSR count). The molecule has 0 amide bonds. The third-order valence-electron chi connectivity index (χ3n) is 6.41. The van der Waals surface area contributed by atoms with Gasteiger partial charge in [-0.2, -0.15) is 0 Å². The van der Waals surface area contributed by atoms with Gasteiger partial charge in [-0.05, 0) is 56.9 Å². The second-order valence-electron chi connectivity index (χ2n) is 7.89. The minimum Gasteiger partial charge on any atom is -0.368 e. The van der Waals surface area contributed by atoms with Crippen LogP contribution in [0.5, 0.6) is 0 Å². The molecule has 0 aliphatic carbocycles.